The van der Waals surface area contributed by atoms with Crippen LogP contribution >= 0.6 is 0 Å². The molecule has 33 heavy (non-hydrogen) atoms. The molecule has 0 radical (unpaired) electrons. The van der Waals surface area contributed by atoms with Gasteiger partial charge in [-0.2, -0.15) is 0 Å². The third-order valence-corrected chi connectivity index (χ3v) is 6.15. The lowest BCUT2D eigenvalue weighted by Crippen LogP contribution is -2.38. The molecule has 2 aromatic heterocycles. The fourth-order valence-electron chi connectivity index (χ4n) is 4.07. The number of rotatable bonds is 10. The Hall–Kier alpha value is -2.67. The van der Waals surface area contributed by atoms with Gasteiger partial charge >= 0.3 is 5.97 Å². The van der Waals surface area contributed by atoms with Crippen LogP contribution in [-0.2, 0) is 16.0 Å². The Kier molecular flexibility index (Phi) is 8.30. The molecule has 7 nitrogen and oxygen atoms in total. The quantitative estimate of drug-likeness (QED) is 0.510. The first-order valence-corrected chi connectivity index (χ1v) is 11.8. The number of hydrogen-bond acceptors (Lipinski definition) is 6. The number of aliphatic carboxylic acids is 1. The van der Waals surface area contributed by atoms with E-state index in [1.165, 1.54) is 0 Å². The Labute approximate surface area is 197 Å². The van der Waals surface area contributed by atoms with E-state index in [-0.39, 0.29) is 12.5 Å². The second-order valence-electron chi connectivity index (χ2n) is 9.81. The minimum absolute atomic E-state index is 0.0540. The first-order valence-electron chi connectivity index (χ1n) is 11.8. The van der Waals surface area contributed by atoms with Gasteiger partial charge in [0.25, 0.3) is 0 Å². The first kappa shape index (κ1) is 25.0. The van der Waals surface area contributed by atoms with Gasteiger partial charge < -0.3 is 19.5 Å². The monoisotopic (exact) mass is 455 g/mol. The van der Waals surface area contributed by atoms with E-state index in [9.17, 15) is 9.90 Å². The minimum Gasteiger partial charge on any atom is -0.492 e. The van der Waals surface area contributed by atoms with E-state index in [1.807, 2.05) is 39.1 Å². The fourth-order valence-corrected chi connectivity index (χ4v) is 4.07. The summed E-state index contributed by atoms with van der Waals surface area (Å²) >= 11 is 0. The molecule has 1 fully saturated rings. The van der Waals surface area contributed by atoms with Crippen molar-refractivity contribution in [1.29, 1.82) is 0 Å². The van der Waals surface area contributed by atoms with E-state index in [0.29, 0.717) is 24.4 Å². The Morgan fingerprint density at radius 2 is 1.88 bits per heavy atom. The van der Waals surface area contributed by atoms with Gasteiger partial charge in [-0.05, 0) is 51.2 Å². The number of pyridine rings is 2. The molecule has 1 saturated heterocycles. The van der Waals surface area contributed by atoms with Gasteiger partial charge in [0, 0.05) is 42.5 Å². The maximum Gasteiger partial charge on any atom is 0.307 e. The Morgan fingerprint density at radius 3 is 2.48 bits per heavy atom. The van der Waals surface area contributed by atoms with Crippen LogP contribution in [0.5, 0.6) is 5.75 Å². The SMILES string of the molecule is Cc1ncc(-c2ccc(OCCCOC(C)C)cn2)c(N2CCC(C)(C)CC2)c1CC(=O)O. The summed E-state index contributed by atoms with van der Waals surface area (Å²) in [6, 6.07) is 3.83. The predicted molar refractivity (Wildman–Crippen MR) is 130 cm³/mol. The number of ether oxygens (including phenoxy) is 2. The van der Waals surface area contributed by atoms with E-state index in [4.69, 9.17) is 9.47 Å². The highest BCUT2D eigenvalue weighted by Gasteiger charge is 2.29. The fraction of sp³-hybridized carbons (Fsp3) is 0.577. The van der Waals surface area contributed by atoms with Crippen molar-refractivity contribution in [2.24, 2.45) is 5.41 Å². The number of aryl methyl sites for hydroxylation is 1. The molecule has 0 amide bonds. The molecule has 3 rings (SSSR count). The molecule has 0 spiro atoms. The summed E-state index contributed by atoms with van der Waals surface area (Å²) in [4.78, 5) is 23.1. The number of carbonyl (C=O) groups is 1. The lowest BCUT2D eigenvalue weighted by Gasteiger charge is -2.40. The number of anilines is 1. The van der Waals surface area contributed by atoms with E-state index >= 15 is 0 Å². The largest absolute Gasteiger partial charge is 0.492 e. The smallest absolute Gasteiger partial charge is 0.307 e. The van der Waals surface area contributed by atoms with Crippen molar-refractivity contribution in [3.8, 4) is 17.0 Å². The Balaban J connectivity index is 1.84. The normalized spacial score (nSPS) is 15.6. The summed E-state index contributed by atoms with van der Waals surface area (Å²) in [6.45, 7) is 13.5. The molecule has 0 bridgehead atoms. The third kappa shape index (κ3) is 6.90. The van der Waals surface area contributed by atoms with Crippen LogP contribution in [0.4, 0.5) is 5.69 Å². The molecule has 1 aliphatic rings. The number of aromatic nitrogens is 2. The van der Waals surface area contributed by atoms with E-state index in [1.54, 1.807) is 6.20 Å². The topological polar surface area (TPSA) is 84.8 Å². The molecular formula is C26H37N3O4. The molecule has 0 saturated carbocycles. The second kappa shape index (κ2) is 11.0. The molecule has 1 aliphatic heterocycles. The van der Waals surface area contributed by atoms with Gasteiger partial charge in [0.15, 0.2) is 0 Å². The molecule has 0 aliphatic carbocycles. The molecule has 3 heterocycles. The highest BCUT2D eigenvalue weighted by molar-refractivity contribution is 5.83. The lowest BCUT2D eigenvalue weighted by molar-refractivity contribution is -0.136. The van der Waals surface area contributed by atoms with Crippen LogP contribution < -0.4 is 9.64 Å². The van der Waals surface area contributed by atoms with Crippen molar-refractivity contribution in [2.45, 2.75) is 66.4 Å². The van der Waals surface area contributed by atoms with Crippen molar-refractivity contribution in [1.82, 2.24) is 9.97 Å². The summed E-state index contributed by atoms with van der Waals surface area (Å²) in [7, 11) is 0. The molecular weight excluding hydrogens is 418 g/mol. The zero-order valence-corrected chi connectivity index (χ0v) is 20.6. The number of carboxylic acids is 1. The predicted octanol–water partition coefficient (Wildman–Crippen LogP) is 4.90. The molecule has 7 heteroatoms. The summed E-state index contributed by atoms with van der Waals surface area (Å²) in [5.41, 5.74) is 4.41. The van der Waals surface area contributed by atoms with E-state index in [0.717, 1.165) is 60.6 Å². The molecule has 1 N–H and O–H groups in total. The minimum atomic E-state index is -0.853. The van der Waals surface area contributed by atoms with Gasteiger partial charge in [0.1, 0.15) is 5.75 Å². The zero-order chi connectivity index (χ0) is 24.0. The van der Waals surface area contributed by atoms with Crippen LogP contribution in [0, 0.1) is 12.3 Å². The van der Waals surface area contributed by atoms with Crippen LogP contribution in [0.25, 0.3) is 11.3 Å². The number of carboxylic acid groups (broad SMARTS) is 1. The van der Waals surface area contributed by atoms with Crippen molar-refractivity contribution < 1.29 is 19.4 Å². The van der Waals surface area contributed by atoms with Crippen molar-refractivity contribution in [3.05, 3.63) is 35.8 Å². The summed E-state index contributed by atoms with van der Waals surface area (Å²) < 4.78 is 11.3. The van der Waals surface area contributed by atoms with Crippen molar-refractivity contribution in [3.63, 3.8) is 0 Å². The number of hydrogen-bond donors (Lipinski definition) is 1. The van der Waals surface area contributed by atoms with Gasteiger partial charge in [-0.1, -0.05) is 13.8 Å². The molecule has 180 valence electrons. The third-order valence-electron chi connectivity index (χ3n) is 6.15. The van der Waals surface area contributed by atoms with E-state index in [2.05, 4.69) is 28.7 Å². The molecule has 2 aromatic rings. The Bertz CT molecular complexity index is 931. The van der Waals surface area contributed by atoms with Gasteiger partial charge in [-0.15, -0.1) is 0 Å². The van der Waals surface area contributed by atoms with Crippen LogP contribution in [-0.4, -0.2) is 53.5 Å². The second-order valence-corrected chi connectivity index (χ2v) is 9.81. The Morgan fingerprint density at radius 1 is 1.15 bits per heavy atom. The maximum atomic E-state index is 11.6. The molecule has 0 unspecified atom stereocenters. The van der Waals surface area contributed by atoms with Gasteiger partial charge in [0.05, 0.1) is 43.3 Å². The molecule has 0 atom stereocenters. The first-order chi connectivity index (χ1) is 15.7. The molecule has 0 aromatic carbocycles. The number of piperidine rings is 1. The van der Waals surface area contributed by atoms with Crippen LogP contribution in [0.2, 0.25) is 0 Å². The highest BCUT2D eigenvalue weighted by atomic mass is 16.5. The van der Waals surface area contributed by atoms with Crippen LogP contribution in [0.15, 0.2) is 24.5 Å². The van der Waals surface area contributed by atoms with Crippen LogP contribution in [0.3, 0.4) is 0 Å². The summed E-state index contributed by atoms with van der Waals surface area (Å²) in [5, 5.41) is 9.56. The van der Waals surface area contributed by atoms with Gasteiger partial charge in [0.2, 0.25) is 0 Å². The van der Waals surface area contributed by atoms with Crippen LogP contribution in [0.1, 0.15) is 58.2 Å². The average molecular weight is 456 g/mol. The highest BCUT2D eigenvalue weighted by Crippen LogP contribution is 2.39. The lowest BCUT2D eigenvalue weighted by atomic mass is 9.82. The summed E-state index contributed by atoms with van der Waals surface area (Å²) in [6.07, 6.45) is 6.64. The zero-order valence-electron chi connectivity index (χ0n) is 20.6. The standard InChI is InChI=1S/C26H37N3O4/c1-18(2)32-13-6-14-33-20-7-8-23(28-16-20)22-17-27-19(3)21(15-24(30)31)25(22)29-11-9-26(4,5)10-12-29/h7-8,16-18H,6,9-15H2,1-5H3,(H,30,31). The average Bonchev–Trinajstić information content (AvgIpc) is 2.75. The summed E-state index contributed by atoms with van der Waals surface area (Å²) in [5.74, 6) is -0.149. The van der Waals surface area contributed by atoms with Gasteiger partial charge in [-0.3, -0.25) is 14.8 Å². The van der Waals surface area contributed by atoms with E-state index < -0.39 is 5.97 Å². The van der Waals surface area contributed by atoms with Gasteiger partial charge in [-0.25, -0.2) is 0 Å². The number of nitrogens with zero attached hydrogens (tertiary/aromatic N) is 3. The van der Waals surface area contributed by atoms with Crippen molar-refractivity contribution >= 4 is 11.7 Å². The maximum absolute atomic E-state index is 11.6. The van der Waals surface area contributed by atoms with Crippen molar-refractivity contribution in [2.75, 3.05) is 31.2 Å².